The second-order valence-electron chi connectivity index (χ2n) is 6.09. The van der Waals surface area contributed by atoms with Gasteiger partial charge >= 0.3 is 0 Å². The van der Waals surface area contributed by atoms with Crippen LogP contribution in [-0.2, 0) is 6.54 Å². The largest absolute Gasteiger partial charge is 0.317 e. The number of aromatic nitrogens is 2. The van der Waals surface area contributed by atoms with Crippen molar-refractivity contribution < 1.29 is 0 Å². The van der Waals surface area contributed by atoms with Gasteiger partial charge in [0.1, 0.15) is 0 Å². The molecule has 1 spiro atoms. The van der Waals surface area contributed by atoms with E-state index in [1.165, 1.54) is 58.3 Å². The summed E-state index contributed by atoms with van der Waals surface area (Å²) in [5.41, 5.74) is 1.73. The number of rotatable bonds is 2. The second kappa shape index (κ2) is 8.89. The van der Waals surface area contributed by atoms with E-state index in [9.17, 15) is 0 Å². The number of likely N-dealkylation sites (tertiary alicyclic amines) is 1. The van der Waals surface area contributed by atoms with E-state index in [1.807, 2.05) is 6.07 Å². The van der Waals surface area contributed by atoms with Gasteiger partial charge in [-0.15, -0.1) is 24.8 Å². The van der Waals surface area contributed by atoms with E-state index >= 15 is 0 Å². The van der Waals surface area contributed by atoms with E-state index in [2.05, 4.69) is 26.5 Å². The Morgan fingerprint density at radius 1 is 1.10 bits per heavy atom. The molecule has 120 valence electrons. The molecule has 3 rings (SSSR count). The molecule has 1 aromatic heterocycles. The van der Waals surface area contributed by atoms with E-state index < -0.39 is 0 Å². The first kappa shape index (κ1) is 18.6. The van der Waals surface area contributed by atoms with Crippen LogP contribution in [0.1, 0.15) is 37.8 Å². The number of nitrogens with zero attached hydrogens (tertiary/aromatic N) is 3. The standard InChI is InChI=1S/C15H24N4.2ClH/c1-3-14(18-17-8-1)13-19-11-2-4-15(7-12-19)5-9-16-10-6-15;;/h1,3,8,16H,2,4-7,9-13H2;2*1H. The molecule has 4 nitrogen and oxygen atoms in total. The molecule has 0 unspecified atom stereocenters. The van der Waals surface area contributed by atoms with Gasteiger partial charge in [0.05, 0.1) is 5.69 Å². The highest BCUT2D eigenvalue weighted by Crippen LogP contribution is 2.39. The molecular formula is C15H26Cl2N4. The van der Waals surface area contributed by atoms with Crippen molar-refractivity contribution >= 4 is 24.8 Å². The second-order valence-corrected chi connectivity index (χ2v) is 6.09. The Morgan fingerprint density at radius 2 is 1.90 bits per heavy atom. The van der Waals surface area contributed by atoms with Crippen molar-refractivity contribution in [3.05, 3.63) is 24.0 Å². The Hall–Kier alpha value is -0.420. The highest BCUT2D eigenvalue weighted by molar-refractivity contribution is 5.85. The molecule has 0 aliphatic carbocycles. The quantitative estimate of drug-likeness (QED) is 0.903. The third-order valence-corrected chi connectivity index (χ3v) is 4.82. The van der Waals surface area contributed by atoms with E-state index in [1.54, 1.807) is 6.20 Å². The lowest BCUT2D eigenvalue weighted by atomic mass is 9.73. The minimum absolute atomic E-state index is 0. The van der Waals surface area contributed by atoms with Gasteiger partial charge in [0.25, 0.3) is 0 Å². The molecule has 2 aliphatic rings. The van der Waals surface area contributed by atoms with Crippen LogP contribution in [0.3, 0.4) is 0 Å². The molecule has 0 radical (unpaired) electrons. The van der Waals surface area contributed by atoms with Crippen LogP contribution in [0.25, 0.3) is 0 Å². The van der Waals surface area contributed by atoms with Crippen LogP contribution in [0.4, 0.5) is 0 Å². The van der Waals surface area contributed by atoms with Gasteiger partial charge in [-0.25, -0.2) is 0 Å². The molecule has 3 heterocycles. The van der Waals surface area contributed by atoms with Crippen molar-refractivity contribution in [2.24, 2.45) is 5.41 Å². The van der Waals surface area contributed by atoms with Crippen molar-refractivity contribution in [3.8, 4) is 0 Å². The Kier molecular flexibility index (Phi) is 7.88. The number of piperidine rings is 1. The monoisotopic (exact) mass is 332 g/mol. The third-order valence-electron chi connectivity index (χ3n) is 4.82. The Labute approximate surface area is 139 Å². The minimum atomic E-state index is 0. The Balaban J connectivity index is 0.00000110. The fourth-order valence-electron chi connectivity index (χ4n) is 3.57. The minimum Gasteiger partial charge on any atom is -0.317 e. The van der Waals surface area contributed by atoms with Crippen LogP contribution in [0.15, 0.2) is 18.3 Å². The molecule has 2 fully saturated rings. The molecule has 0 amide bonds. The maximum absolute atomic E-state index is 4.21. The Bertz CT molecular complexity index is 396. The molecule has 0 aromatic carbocycles. The van der Waals surface area contributed by atoms with Crippen LogP contribution < -0.4 is 5.32 Å². The van der Waals surface area contributed by atoms with Gasteiger partial charge in [-0.3, -0.25) is 4.90 Å². The van der Waals surface area contributed by atoms with E-state index in [4.69, 9.17) is 0 Å². The van der Waals surface area contributed by atoms with Crippen LogP contribution in [0.2, 0.25) is 0 Å². The third kappa shape index (κ3) is 5.06. The zero-order valence-electron chi connectivity index (χ0n) is 12.5. The zero-order chi connectivity index (χ0) is 13.0. The molecule has 0 bridgehead atoms. The lowest BCUT2D eigenvalue weighted by Gasteiger charge is -2.37. The van der Waals surface area contributed by atoms with Crippen molar-refractivity contribution in [1.82, 2.24) is 20.4 Å². The van der Waals surface area contributed by atoms with Gasteiger partial charge in [-0.05, 0) is 75.8 Å². The summed E-state index contributed by atoms with van der Waals surface area (Å²) in [6.07, 6.45) is 8.58. The number of hydrogen-bond donors (Lipinski definition) is 1. The predicted octanol–water partition coefficient (Wildman–Crippen LogP) is 2.68. The lowest BCUT2D eigenvalue weighted by Crippen LogP contribution is -2.37. The smallest absolute Gasteiger partial charge is 0.0771 e. The normalized spacial score (nSPS) is 21.9. The van der Waals surface area contributed by atoms with Crippen molar-refractivity contribution in [2.75, 3.05) is 26.2 Å². The molecule has 6 heteroatoms. The maximum Gasteiger partial charge on any atom is 0.0771 e. The molecule has 1 N–H and O–H groups in total. The molecule has 0 atom stereocenters. The topological polar surface area (TPSA) is 41.1 Å². The molecular weight excluding hydrogens is 307 g/mol. The van der Waals surface area contributed by atoms with Gasteiger partial charge < -0.3 is 5.32 Å². The van der Waals surface area contributed by atoms with E-state index in [0.29, 0.717) is 5.41 Å². The van der Waals surface area contributed by atoms with Gasteiger partial charge in [0.15, 0.2) is 0 Å². The first-order valence-electron chi connectivity index (χ1n) is 7.56. The first-order chi connectivity index (χ1) is 9.36. The van der Waals surface area contributed by atoms with E-state index in [-0.39, 0.29) is 24.8 Å². The molecule has 21 heavy (non-hydrogen) atoms. The van der Waals surface area contributed by atoms with Gasteiger partial charge in [-0.2, -0.15) is 10.2 Å². The van der Waals surface area contributed by atoms with Crippen LogP contribution >= 0.6 is 24.8 Å². The molecule has 1 aromatic rings. The highest BCUT2D eigenvalue weighted by Gasteiger charge is 2.33. The summed E-state index contributed by atoms with van der Waals surface area (Å²) in [5, 5.41) is 11.7. The Morgan fingerprint density at radius 3 is 2.62 bits per heavy atom. The summed E-state index contributed by atoms with van der Waals surface area (Å²) in [4.78, 5) is 2.56. The SMILES string of the molecule is Cl.Cl.c1cnnc(CN2CCCC3(CCNCC3)CC2)c1. The van der Waals surface area contributed by atoms with E-state index in [0.717, 1.165) is 12.2 Å². The summed E-state index contributed by atoms with van der Waals surface area (Å²) in [6, 6.07) is 4.06. The maximum atomic E-state index is 4.21. The van der Waals surface area contributed by atoms with Gasteiger partial charge in [0, 0.05) is 12.7 Å². The van der Waals surface area contributed by atoms with Gasteiger partial charge in [-0.1, -0.05) is 0 Å². The average Bonchev–Trinajstić information content (AvgIpc) is 2.64. The number of halogens is 2. The van der Waals surface area contributed by atoms with Crippen LogP contribution in [-0.4, -0.2) is 41.3 Å². The zero-order valence-corrected chi connectivity index (χ0v) is 14.1. The number of nitrogens with one attached hydrogen (secondary N) is 1. The predicted molar refractivity (Wildman–Crippen MR) is 90.2 cm³/mol. The number of hydrogen-bond acceptors (Lipinski definition) is 4. The van der Waals surface area contributed by atoms with Gasteiger partial charge in [0.2, 0.25) is 0 Å². The molecule has 0 saturated carbocycles. The fourth-order valence-corrected chi connectivity index (χ4v) is 3.57. The summed E-state index contributed by atoms with van der Waals surface area (Å²) < 4.78 is 0. The van der Waals surface area contributed by atoms with Crippen molar-refractivity contribution in [1.29, 1.82) is 0 Å². The summed E-state index contributed by atoms with van der Waals surface area (Å²) >= 11 is 0. The summed E-state index contributed by atoms with van der Waals surface area (Å²) in [5.74, 6) is 0. The highest BCUT2D eigenvalue weighted by atomic mass is 35.5. The summed E-state index contributed by atoms with van der Waals surface area (Å²) in [7, 11) is 0. The molecule has 2 aliphatic heterocycles. The molecule has 2 saturated heterocycles. The average molecular weight is 333 g/mol. The van der Waals surface area contributed by atoms with Crippen molar-refractivity contribution in [3.63, 3.8) is 0 Å². The fraction of sp³-hybridized carbons (Fsp3) is 0.733. The summed E-state index contributed by atoms with van der Waals surface area (Å²) in [6.45, 7) is 5.82. The van der Waals surface area contributed by atoms with Crippen LogP contribution in [0, 0.1) is 5.41 Å². The lowest BCUT2D eigenvalue weighted by molar-refractivity contribution is 0.167. The first-order valence-corrected chi connectivity index (χ1v) is 7.56. The van der Waals surface area contributed by atoms with Crippen LogP contribution in [0.5, 0.6) is 0 Å². The van der Waals surface area contributed by atoms with Crippen molar-refractivity contribution in [2.45, 2.75) is 38.6 Å².